The normalized spacial score (nSPS) is 16.6. The van der Waals surface area contributed by atoms with Gasteiger partial charge in [-0.1, -0.05) is 37.3 Å². The van der Waals surface area contributed by atoms with Crippen LogP contribution in [0.4, 0.5) is 13.2 Å². The van der Waals surface area contributed by atoms with E-state index in [0.29, 0.717) is 5.84 Å². The average Bonchev–Trinajstić information content (AvgIpc) is 2.46. The van der Waals surface area contributed by atoms with Gasteiger partial charge in [0.2, 0.25) is 0 Å². The second-order valence-electron chi connectivity index (χ2n) is 4.88. The highest BCUT2D eigenvalue weighted by atomic mass is 19.4. The number of hydrogen-bond acceptors (Lipinski definition) is 3. The molecule has 1 N–H and O–H groups in total. The van der Waals surface area contributed by atoms with Crippen LogP contribution in [0.1, 0.15) is 24.9 Å². The Balaban J connectivity index is 1.94. The first-order chi connectivity index (χ1) is 9.98. The summed E-state index contributed by atoms with van der Waals surface area (Å²) >= 11 is 0. The Hall–Kier alpha value is -1.98. The predicted octanol–water partition coefficient (Wildman–Crippen LogP) is 3.47. The van der Waals surface area contributed by atoms with Gasteiger partial charge in [0.15, 0.2) is 0 Å². The number of aliphatic imine (C=N–C) groups is 1. The number of alkyl halides is 3. The summed E-state index contributed by atoms with van der Waals surface area (Å²) in [4.78, 5) is 5.29. The highest BCUT2D eigenvalue weighted by Gasteiger charge is 2.30. The Morgan fingerprint density at radius 1 is 1.29 bits per heavy atom. The fourth-order valence-corrected chi connectivity index (χ4v) is 2.15. The molecule has 0 fully saturated rings. The van der Waals surface area contributed by atoms with Crippen LogP contribution in [0.25, 0.3) is 0 Å². The largest absolute Gasteiger partial charge is 0.405 e. The molecule has 0 bridgehead atoms. The average molecular weight is 297 g/mol. The molecule has 0 aromatic heterocycles. The number of amidine groups is 1. The topological polar surface area (TPSA) is 27.6 Å². The molecule has 1 atom stereocenters. The van der Waals surface area contributed by atoms with E-state index in [1.807, 2.05) is 37.3 Å². The van der Waals surface area contributed by atoms with Crippen molar-refractivity contribution in [3.05, 3.63) is 48.2 Å². The summed E-state index contributed by atoms with van der Waals surface area (Å²) in [6.07, 6.45) is -0.328. The number of nitrogens with zero attached hydrogens (tertiary/aromatic N) is 2. The van der Waals surface area contributed by atoms with Crippen LogP contribution < -0.4 is 5.32 Å². The zero-order chi connectivity index (χ0) is 15.3. The van der Waals surface area contributed by atoms with Crippen molar-refractivity contribution >= 4 is 5.84 Å². The molecule has 0 saturated heterocycles. The lowest BCUT2D eigenvalue weighted by molar-refractivity contribution is -0.140. The summed E-state index contributed by atoms with van der Waals surface area (Å²) in [6, 6.07) is 10.0. The van der Waals surface area contributed by atoms with Gasteiger partial charge in [0, 0.05) is 6.20 Å². The van der Waals surface area contributed by atoms with E-state index < -0.39 is 12.7 Å². The molecule has 0 spiro atoms. The van der Waals surface area contributed by atoms with Crippen LogP contribution in [0.3, 0.4) is 0 Å². The summed E-state index contributed by atoms with van der Waals surface area (Å²) in [5.74, 6) is 0.615. The zero-order valence-electron chi connectivity index (χ0n) is 11.8. The summed E-state index contributed by atoms with van der Waals surface area (Å²) in [6.45, 7) is 1.09. The third-order valence-electron chi connectivity index (χ3n) is 3.18. The van der Waals surface area contributed by atoms with E-state index in [1.165, 1.54) is 6.20 Å². The van der Waals surface area contributed by atoms with Gasteiger partial charge in [-0.25, -0.2) is 4.99 Å². The molecule has 21 heavy (non-hydrogen) atoms. The molecular formula is C15H18F3N3. The fraction of sp³-hybridized carbons (Fsp3) is 0.400. The van der Waals surface area contributed by atoms with Crippen molar-refractivity contribution in [2.45, 2.75) is 25.6 Å². The fourth-order valence-electron chi connectivity index (χ4n) is 2.15. The lowest BCUT2D eigenvalue weighted by atomic mass is 10.0. The highest BCUT2D eigenvalue weighted by molar-refractivity contribution is 5.93. The van der Waals surface area contributed by atoms with Gasteiger partial charge < -0.3 is 10.2 Å². The molecule has 1 aromatic carbocycles. The Morgan fingerprint density at radius 2 is 2.00 bits per heavy atom. The summed E-state index contributed by atoms with van der Waals surface area (Å²) in [5.41, 5.74) is 1.13. The Bertz CT molecular complexity index is 509. The third kappa shape index (κ3) is 4.81. The Kier molecular flexibility index (Phi) is 4.88. The van der Waals surface area contributed by atoms with Crippen molar-refractivity contribution in [3.8, 4) is 0 Å². The van der Waals surface area contributed by atoms with E-state index in [9.17, 15) is 13.2 Å². The van der Waals surface area contributed by atoms with E-state index in [1.54, 1.807) is 6.08 Å². The molecule has 0 amide bonds. The molecule has 1 heterocycles. The second kappa shape index (κ2) is 6.65. The van der Waals surface area contributed by atoms with Crippen molar-refractivity contribution in [2.24, 2.45) is 4.99 Å². The lowest BCUT2D eigenvalue weighted by Crippen LogP contribution is -2.35. The van der Waals surface area contributed by atoms with Crippen LogP contribution >= 0.6 is 0 Å². The maximum Gasteiger partial charge on any atom is 0.405 e. The SMILES string of the molecule is CCC(NC1=NCN(CC(F)(F)F)C=C1)c1ccccc1. The lowest BCUT2D eigenvalue weighted by Gasteiger charge is -2.25. The summed E-state index contributed by atoms with van der Waals surface area (Å²) in [5, 5.41) is 3.26. The van der Waals surface area contributed by atoms with E-state index >= 15 is 0 Å². The minimum absolute atomic E-state index is 0.0174. The van der Waals surface area contributed by atoms with Crippen LogP contribution in [0.2, 0.25) is 0 Å². The van der Waals surface area contributed by atoms with Gasteiger partial charge in [-0.3, -0.25) is 0 Å². The first kappa shape index (κ1) is 15.4. The Morgan fingerprint density at radius 3 is 2.52 bits per heavy atom. The van der Waals surface area contributed by atoms with Crippen LogP contribution in [-0.2, 0) is 0 Å². The van der Waals surface area contributed by atoms with E-state index in [2.05, 4.69) is 10.3 Å². The van der Waals surface area contributed by atoms with Crippen LogP contribution in [0.5, 0.6) is 0 Å². The summed E-state index contributed by atoms with van der Waals surface area (Å²) in [7, 11) is 0. The standard InChI is InChI=1S/C15H18F3N3/c1-2-13(12-6-4-3-5-7-12)20-14-8-9-21(11-19-14)10-15(16,17)18/h3-9,13H,2,10-11H2,1H3,(H,19,20). The van der Waals surface area contributed by atoms with Crippen molar-refractivity contribution in [1.82, 2.24) is 10.2 Å². The van der Waals surface area contributed by atoms with Crippen LogP contribution in [-0.4, -0.2) is 30.1 Å². The third-order valence-corrected chi connectivity index (χ3v) is 3.18. The molecule has 1 unspecified atom stereocenters. The van der Waals surface area contributed by atoms with Gasteiger partial charge in [-0.15, -0.1) is 0 Å². The van der Waals surface area contributed by atoms with Crippen molar-refractivity contribution in [3.63, 3.8) is 0 Å². The molecule has 0 aliphatic carbocycles. The number of benzene rings is 1. The number of rotatable bonds is 4. The molecule has 6 heteroatoms. The van der Waals surface area contributed by atoms with Crippen LogP contribution in [0.15, 0.2) is 47.6 Å². The minimum atomic E-state index is -4.21. The molecule has 0 radical (unpaired) electrons. The number of halogens is 3. The van der Waals surface area contributed by atoms with E-state index in [4.69, 9.17) is 0 Å². The van der Waals surface area contributed by atoms with Crippen LogP contribution in [0, 0.1) is 0 Å². The predicted molar refractivity (Wildman–Crippen MR) is 76.8 cm³/mol. The quantitative estimate of drug-likeness (QED) is 0.921. The highest BCUT2D eigenvalue weighted by Crippen LogP contribution is 2.19. The van der Waals surface area contributed by atoms with Crippen molar-refractivity contribution in [1.29, 1.82) is 0 Å². The number of hydrogen-bond donors (Lipinski definition) is 1. The molecule has 2 rings (SSSR count). The van der Waals surface area contributed by atoms with Crippen molar-refractivity contribution in [2.75, 3.05) is 13.2 Å². The molecule has 1 aromatic rings. The van der Waals surface area contributed by atoms with Gasteiger partial charge in [0.05, 0.1) is 6.04 Å². The van der Waals surface area contributed by atoms with Gasteiger partial charge in [-0.2, -0.15) is 13.2 Å². The van der Waals surface area contributed by atoms with Gasteiger partial charge >= 0.3 is 6.18 Å². The maximum absolute atomic E-state index is 12.3. The second-order valence-corrected chi connectivity index (χ2v) is 4.88. The summed E-state index contributed by atoms with van der Waals surface area (Å²) < 4.78 is 36.9. The van der Waals surface area contributed by atoms with Gasteiger partial charge in [0.25, 0.3) is 0 Å². The Labute approximate surface area is 122 Å². The van der Waals surface area contributed by atoms with E-state index in [-0.39, 0.29) is 12.7 Å². The maximum atomic E-state index is 12.3. The monoisotopic (exact) mass is 297 g/mol. The molecule has 114 valence electrons. The first-order valence-electron chi connectivity index (χ1n) is 6.83. The smallest absolute Gasteiger partial charge is 0.363 e. The molecular weight excluding hydrogens is 279 g/mol. The molecule has 1 aliphatic heterocycles. The van der Waals surface area contributed by atoms with Gasteiger partial charge in [-0.05, 0) is 18.1 Å². The molecule has 0 saturated carbocycles. The first-order valence-corrected chi connectivity index (χ1v) is 6.83. The zero-order valence-corrected chi connectivity index (χ0v) is 11.8. The molecule has 3 nitrogen and oxygen atoms in total. The number of nitrogens with one attached hydrogen (secondary N) is 1. The minimum Gasteiger partial charge on any atom is -0.363 e. The van der Waals surface area contributed by atoms with E-state index in [0.717, 1.165) is 16.9 Å². The van der Waals surface area contributed by atoms with Crippen molar-refractivity contribution < 1.29 is 13.2 Å². The molecule has 1 aliphatic rings. The van der Waals surface area contributed by atoms with Gasteiger partial charge in [0.1, 0.15) is 19.0 Å².